The Kier molecular flexibility index (Phi) is 7.12. The lowest BCUT2D eigenvalue weighted by molar-refractivity contribution is 0.159. The molecule has 148 valence electrons. The van der Waals surface area contributed by atoms with Gasteiger partial charge in [-0.2, -0.15) is 0 Å². The minimum atomic E-state index is -3.21. The van der Waals surface area contributed by atoms with Crippen molar-refractivity contribution < 1.29 is 17.9 Å². The van der Waals surface area contributed by atoms with Gasteiger partial charge in [-0.1, -0.05) is 0 Å². The zero-order valence-corrected chi connectivity index (χ0v) is 16.5. The number of aliphatic hydroxyl groups excluding tert-OH is 1. The van der Waals surface area contributed by atoms with Crippen LogP contribution in [0.15, 0.2) is 18.5 Å². The predicted molar refractivity (Wildman–Crippen MR) is 99.6 cm³/mol. The third-order valence-corrected chi connectivity index (χ3v) is 5.74. The molecule has 0 aromatic carbocycles. The molecule has 0 amide bonds. The molecule has 2 rings (SSSR count). The number of nitrogens with zero attached hydrogens (tertiary/aromatic N) is 1. The second kappa shape index (κ2) is 8.73. The number of aliphatic hydroxyl groups is 1. The van der Waals surface area contributed by atoms with E-state index >= 15 is 0 Å². The lowest BCUT2D eigenvalue weighted by Crippen LogP contribution is -2.45. The van der Waals surface area contributed by atoms with E-state index in [0.29, 0.717) is 24.1 Å². The third kappa shape index (κ3) is 7.26. The number of pyridine rings is 1. The van der Waals surface area contributed by atoms with E-state index in [9.17, 15) is 17.9 Å². The predicted octanol–water partition coefficient (Wildman–Crippen LogP) is 2.12. The summed E-state index contributed by atoms with van der Waals surface area (Å²) in [5.74, 6) is 0.0296. The number of sulfonamides is 1. The van der Waals surface area contributed by atoms with Gasteiger partial charge in [-0.05, 0) is 57.9 Å². The average Bonchev–Trinajstić information content (AvgIpc) is 2.51. The number of halogens is 1. The molecule has 1 aromatic heterocycles. The van der Waals surface area contributed by atoms with Gasteiger partial charge in [0.1, 0.15) is 5.82 Å². The maximum absolute atomic E-state index is 13.2. The van der Waals surface area contributed by atoms with Gasteiger partial charge in [0.05, 0.1) is 18.6 Å². The minimum absolute atomic E-state index is 0.313. The molecule has 6 nitrogen and oxygen atoms in total. The first kappa shape index (κ1) is 21.2. The highest BCUT2D eigenvalue weighted by molar-refractivity contribution is 7.88. The van der Waals surface area contributed by atoms with Gasteiger partial charge >= 0.3 is 0 Å². The maximum atomic E-state index is 13.2. The highest BCUT2D eigenvalue weighted by Crippen LogP contribution is 2.31. The summed E-state index contributed by atoms with van der Waals surface area (Å²) in [5.41, 5.74) is 0.0267. The van der Waals surface area contributed by atoms with Gasteiger partial charge in [-0.15, -0.1) is 0 Å². The van der Waals surface area contributed by atoms with E-state index in [2.05, 4.69) is 15.0 Å². The van der Waals surface area contributed by atoms with E-state index in [-0.39, 0.29) is 0 Å². The van der Waals surface area contributed by atoms with E-state index in [4.69, 9.17) is 0 Å². The van der Waals surface area contributed by atoms with Crippen molar-refractivity contribution in [3.05, 3.63) is 29.8 Å². The number of aromatic nitrogens is 1. The van der Waals surface area contributed by atoms with Gasteiger partial charge in [0.25, 0.3) is 0 Å². The maximum Gasteiger partial charge on any atom is 0.209 e. The Morgan fingerprint density at radius 1 is 1.31 bits per heavy atom. The first-order valence-corrected chi connectivity index (χ1v) is 10.9. The number of hydrogen-bond acceptors (Lipinski definition) is 5. The van der Waals surface area contributed by atoms with E-state index in [1.165, 1.54) is 18.5 Å². The lowest BCUT2D eigenvalue weighted by Gasteiger charge is -2.35. The van der Waals surface area contributed by atoms with Crippen LogP contribution < -0.4 is 10.0 Å². The molecule has 0 aliphatic heterocycles. The van der Waals surface area contributed by atoms with E-state index < -0.39 is 27.5 Å². The van der Waals surface area contributed by atoms with Crippen LogP contribution in [0.4, 0.5) is 4.39 Å². The Labute approximate surface area is 155 Å². The fourth-order valence-corrected chi connectivity index (χ4v) is 4.93. The molecule has 0 bridgehead atoms. The molecule has 26 heavy (non-hydrogen) atoms. The van der Waals surface area contributed by atoms with Crippen molar-refractivity contribution in [3.8, 4) is 0 Å². The van der Waals surface area contributed by atoms with Gasteiger partial charge in [0, 0.05) is 29.9 Å². The molecule has 8 heteroatoms. The molecule has 1 aliphatic rings. The Morgan fingerprint density at radius 3 is 2.54 bits per heavy atom. The highest BCUT2D eigenvalue weighted by atomic mass is 32.2. The Balaban J connectivity index is 1.74. The molecule has 0 spiro atoms. The number of hydrogen-bond donors (Lipinski definition) is 3. The van der Waals surface area contributed by atoms with Crippen LogP contribution >= 0.6 is 0 Å². The summed E-state index contributed by atoms with van der Waals surface area (Å²) in [6.07, 6.45) is 7.80. The Morgan fingerprint density at radius 2 is 1.96 bits per heavy atom. The van der Waals surface area contributed by atoms with Crippen LogP contribution in [-0.2, 0) is 10.0 Å². The molecule has 1 atom stereocenters. The van der Waals surface area contributed by atoms with Crippen molar-refractivity contribution in [2.45, 2.75) is 63.6 Å². The van der Waals surface area contributed by atoms with Crippen LogP contribution in [0.2, 0.25) is 0 Å². The summed E-state index contributed by atoms with van der Waals surface area (Å²) in [7, 11) is -3.21. The second-order valence-corrected chi connectivity index (χ2v) is 9.79. The Bertz CT molecular complexity index is 689. The summed E-state index contributed by atoms with van der Waals surface area (Å²) in [6, 6.07) is 1.61. The molecule has 1 fully saturated rings. The van der Waals surface area contributed by atoms with Gasteiger partial charge in [0.2, 0.25) is 10.0 Å². The molecule has 1 saturated carbocycles. The van der Waals surface area contributed by atoms with Gasteiger partial charge < -0.3 is 10.4 Å². The summed E-state index contributed by atoms with van der Waals surface area (Å²) < 4.78 is 38.8. The second-order valence-electron chi connectivity index (χ2n) is 8.04. The SMILES string of the molecule is CC(C)(CC1CCC(NC[C@H](O)c2cncc(F)c2)CC1)NS(C)(=O)=O. The monoisotopic (exact) mass is 387 g/mol. The molecule has 1 aliphatic carbocycles. The molecule has 0 radical (unpaired) electrons. The zero-order valence-electron chi connectivity index (χ0n) is 15.7. The number of rotatable bonds is 8. The van der Waals surface area contributed by atoms with Crippen LogP contribution in [0.25, 0.3) is 0 Å². The molecule has 3 N–H and O–H groups in total. The van der Waals surface area contributed by atoms with Crippen molar-refractivity contribution in [1.29, 1.82) is 0 Å². The topological polar surface area (TPSA) is 91.3 Å². The minimum Gasteiger partial charge on any atom is -0.387 e. The fourth-order valence-electron chi connectivity index (χ4n) is 3.84. The number of nitrogens with one attached hydrogen (secondary N) is 2. The quantitative estimate of drug-likeness (QED) is 0.636. The van der Waals surface area contributed by atoms with Crippen molar-refractivity contribution in [2.75, 3.05) is 12.8 Å². The zero-order chi connectivity index (χ0) is 19.4. The van der Waals surface area contributed by atoms with E-state index in [0.717, 1.165) is 38.3 Å². The summed E-state index contributed by atoms with van der Waals surface area (Å²) >= 11 is 0. The van der Waals surface area contributed by atoms with Gasteiger partial charge in [-0.3, -0.25) is 4.98 Å². The highest BCUT2D eigenvalue weighted by Gasteiger charge is 2.29. The molecular weight excluding hydrogens is 357 g/mol. The molecule has 1 aromatic rings. The van der Waals surface area contributed by atoms with Crippen LogP contribution in [0.3, 0.4) is 0 Å². The summed E-state index contributed by atoms with van der Waals surface area (Å²) in [5, 5.41) is 13.5. The van der Waals surface area contributed by atoms with Gasteiger partial charge in [-0.25, -0.2) is 17.5 Å². The lowest BCUT2D eigenvalue weighted by atomic mass is 9.79. The van der Waals surface area contributed by atoms with Gasteiger partial charge in [0.15, 0.2) is 0 Å². The molecule has 0 saturated heterocycles. The largest absolute Gasteiger partial charge is 0.387 e. The fraction of sp³-hybridized carbons (Fsp3) is 0.722. The molecule has 0 unspecified atom stereocenters. The van der Waals surface area contributed by atoms with Crippen molar-refractivity contribution >= 4 is 10.0 Å². The van der Waals surface area contributed by atoms with E-state index in [1.807, 2.05) is 13.8 Å². The van der Waals surface area contributed by atoms with Crippen LogP contribution in [-0.4, -0.2) is 42.9 Å². The van der Waals surface area contributed by atoms with Crippen molar-refractivity contribution in [1.82, 2.24) is 15.0 Å². The molecular formula is C18H30FN3O3S. The first-order valence-electron chi connectivity index (χ1n) is 9.05. The summed E-state index contributed by atoms with van der Waals surface area (Å²) in [6.45, 7) is 4.20. The summed E-state index contributed by atoms with van der Waals surface area (Å²) in [4.78, 5) is 3.76. The normalized spacial score (nSPS) is 23.0. The standard InChI is InChI=1S/C18H30FN3O3S/c1-18(2,22-26(3,24)25)9-13-4-6-16(7-5-13)21-12-17(23)14-8-15(19)11-20-10-14/h8,10-11,13,16-17,21-23H,4-7,9,12H2,1-3H3/t13?,16?,17-/m0/s1. The smallest absolute Gasteiger partial charge is 0.209 e. The Hall–Kier alpha value is -1.09. The van der Waals surface area contributed by atoms with Crippen molar-refractivity contribution in [3.63, 3.8) is 0 Å². The van der Waals surface area contributed by atoms with E-state index in [1.54, 1.807) is 0 Å². The van der Waals surface area contributed by atoms with Crippen LogP contribution in [0, 0.1) is 11.7 Å². The first-order chi connectivity index (χ1) is 12.0. The van der Waals surface area contributed by atoms with Crippen molar-refractivity contribution in [2.24, 2.45) is 5.92 Å². The average molecular weight is 388 g/mol. The van der Waals surface area contributed by atoms with Crippen LogP contribution in [0.5, 0.6) is 0 Å². The van der Waals surface area contributed by atoms with Crippen LogP contribution in [0.1, 0.15) is 57.6 Å². The molecule has 1 heterocycles. The third-order valence-electron chi connectivity index (χ3n) is 4.82.